The molecule has 3 atom stereocenters. The van der Waals surface area contributed by atoms with Gasteiger partial charge in [-0.25, -0.2) is 17.6 Å². The Labute approximate surface area is 219 Å². The summed E-state index contributed by atoms with van der Waals surface area (Å²) >= 11 is 0. The molecule has 9 nitrogen and oxygen atoms in total. The number of hydrogen-bond donors (Lipinski definition) is 0. The van der Waals surface area contributed by atoms with Crippen LogP contribution in [0, 0.1) is 5.92 Å². The fourth-order valence-electron chi connectivity index (χ4n) is 2.94. The molecule has 0 saturated carbocycles. The summed E-state index contributed by atoms with van der Waals surface area (Å²) in [5.74, 6) is -9.67. The summed E-state index contributed by atoms with van der Waals surface area (Å²) in [6, 6.07) is 0. The van der Waals surface area contributed by atoms with Gasteiger partial charge in [-0.1, -0.05) is 0 Å². The van der Waals surface area contributed by atoms with Crippen molar-refractivity contribution in [2.75, 3.05) is 85.9 Å². The first-order valence-electron chi connectivity index (χ1n) is 12.2. The Balaban J connectivity index is 1.47. The van der Waals surface area contributed by atoms with Gasteiger partial charge in [0.1, 0.15) is 44.7 Å². The first-order chi connectivity index (χ1) is 18.3. The van der Waals surface area contributed by atoms with E-state index in [9.17, 15) is 35.1 Å². The summed E-state index contributed by atoms with van der Waals surface area (Å²) in [5, 5.41) is 0. The molecule has 0 aromatic heterocycles. The van der Waals surface area contributed by atoms with Crippen LogP contribution in [-0.4, -0.2) is 128 Å². The molecule has 3 fully saturated rings. The van der Waals surface area contributed by atoms with Gasteiger partial charge in [-0.2, -0.15) is 17.6 Å². The van der Waals surface area contributed by atoms with Crippen LogP contribution >= 0.6 is 0 Å². The highest BCUT2D eigenvalue weighted by Crippen LogP contribution is 2.36. The van der Waals surface area contributed by atoms with Gasteiger partial charge in [0.25, 0.3) is 11.8 Å². The van der Waals surface area contributed by atoms with Crippen LogP contribution in [-0.2, 0) is 42.6 Å². The number of rotatable bonds is 24. The Hall–Kier alpha value is -0.920. The van der Waals surface area contributed by atoms with Gasteiger partial charge in [0.15, 0.2) is 0 Å². The molecule has 3 rings (SSSR count). The van der Waals surface area contributed by atoms with Crippen molar-refractivity contribution in [2.45, 2.75) is 48.8 Å². The smallest absolute Gasteiger partial charge is 0.367 e. The second-order valence-corrected chi connectivity index (χ2v) is 9.46. The van der Waals surface area contributed by atoms with Gasteiger partial charge in [0.2, 0.25) is 0 Å². The van der Waals surface area contributed by atoms with Crippen LogP contribution in [0.4, 0.5) is 35.1 Å². The Kier molecular flexibility index (Phi) is 12.0. The second-order valence-electron chi connectivity index (χ2n) is 9.46. The van der Waals surface area contributed by atoms with E-state index in [1.165, 1.54) is 0 Å². The zero-order chi connectivity index (χ0) is 28.6. The summed E-state index contributed by atoms with van der Waals surface area (Å²) < 4.78 is 155. The predicted octanol–water partition coefficient (Wildman–Crippen LogP) is 2.74. The number of alkyl halides is 8. The van der Waals surface area contributed by atoms with Crippen molar-refractivity contribution >= 4 is 0 Å². The summed E-state index contributed by atoms with van der Waals surface area (Å²) in [6.07, 6.45) is -11.2. The Morgan fingerprint density at radius 2 is 0.974 bits per heavy atom. The molecule has 0 spiro atoms. The van der Waals surface area contributed by atoms with E-state index in [4.69, 9.17) is 28.4 Å². The molecule has 230 valence electrons. The standard InChI is InChI=1S/C22H32F8O9/c23-19(24,13-34-6-17-9-37-17)11-32-3-15(4-33-12-20(25,26)14-35-7-18-10-38-18)22(29,30)39-21(27,28)1-2-31-5-16-8-36-16/h15-18H,1-14H2. The number of halogens is 8. The van der Waals surface area contributed by atoms with Crippen LogP contribution in [0.2, 0.25) is 0 Å². The average molecular weight is 592 g/mol. The molecule has 0 bridgehead atoms. The summed E-state index contributed by atoms with van der Waals surface area (Å²) in [7, 11) is 0. The van der Waals surface area contributed by atoms with Crippen LogP contribution in [0.15, 0.2) is 0 Å². The van der Waals surface area contributed by atoms with Crippen molar-refractivity contribution in [1.29, 1.82) is 0 Å². The normalized spacial score (nSPS) is 24.2. The molecule has 3 heterocycles. The van der Waals surface area contributed by atoms with E-state index in [0.717, 1.165) is 0 Å². The van der Waals surface area contributed by atoms with Crippen molar-refractivity contribution in [3.8, 4) is 0 Å². The molecular formula is C22H32F8O9. The number of ether oxygens (including phenoxy) is 9. The lowest BCUT2D eigenvalue weighted by Crippen LogP contribution is -2.45. The third-order valence-electron chi connectivity index (χ3n) is 5.31. The van der Waals surface area contributed by atoms with Gasteiger partial charge in [0.05, 0.1) is 71.8 Å². The summed E-state index contributed by atoms with van der Waals surface area (Å²) in [5.41, 5.74) is 0. The minimum absolute atomic E-state index is 0.00596. The Morgan fingerprint density at radius 1 is 0.590 bits per heavy atom. The van der Waals surface area contributed by atoms with E-state index in [1.807, 2.05) is 0 Å². The molecule has 0 aromatic rings. The van der Waals surface area contributed by atoms with Crippen LogP contribution in [0.5, 0.6) is 0 Å². The maximum atomic E-state index is 14.7. The molecule has 0 N–H and O–H groups in total. The highest BCUT2D eigenvalue weighted by molar-refractivity contribution is 4.75. The molecule has 17 heteroatoms. The minimum atomic E-state index is -4.71. The van der Waals surface area contributed by atoms with Gasteiger partial charge < -0.3 is 37.9 Å². The number of epoxide rings is 3. The highest BCUT2D eigenvalue weighted by atomic mass is 19.3. The lowest BCUT2D eigenvalue weighted by atomic mass is 10.1. The van der Waals surface area contributed by atoms with Gasteiger partial charge in [-0.05, 0) is 0 Å². The van der Waals surface area contributed by atoms with Crippen molar-refractivity contribution in [3.63, 3.8) is 0 Å². The Bertz CT molecular complexity index is 686. The maximum absolute atomic E-state index is 14.7. The van der Waals surface area contributed by atoms with Crippen LogP contribution in [0.3, 0.4) is 0 Å². The zero-order valence-electron chi connectivity index (χ0n) is 20.9. The van der Waals surface area contributed by atoms with Crippen molar-refractivity contribution < 1.29 is 77.8 Å². The summed E-state index contributed by atoms with van der Waals surface area (Å²) in [4.78, 5) is 0. The molecule has 0 radical (unpaired) electrons. The lowest BCUT2D eigenvalue weighted by molar-refractivity contribution is -0.400. The van der Waals surface area contributed by atoms with E-state index >= 15 is 0 Å². The fourth-order valence-corrected chi connectivity index (χ4v) is 2.94. The molecule has 3 saturated heterocycles. The van der Waals surface area contributed by atoms with E-state index in [2.05, 4.69) is 14.2 Å². The molecule has 0 amide bonds. The van der Waals surface area contributed by atoms with Gasteiger partial charge in [-0.3, -0.25) is 4.74 Å². The third-order valence-corrected chi connectivity index (χ3v) is 5.31. The molecule has 3 aliphatic rings. The largest absolute Gasteiger partial charge is 0.378 e. The van der Waals surface area contributed by atoms with Crippen molar-refractivity contribution in [3.05, 3.63) is 0 Å². The molecule has 0 aromatic carbocycles. The molecule has 3 aliphatic heterocycles. The minimum Gasteiger partial charge on any atom is -0.378 e. The first kappa shape index (κ1) is 32.6. The maximum Gasteiger partial charge on any atom is 0.367 e. The van der Waals surface area contributed by atoms with Gasteiger partial charge in [-0.15, -0.1) is 0 Å². The SMILES string of the molecule is FC(F)(COCC1CO1)COCC(COCC(F)(F)COCC1CO1)C(F)(F)OC(F)(F)CCOCC1CO1. The van der Waals surface area contributed by atoms with E-state index in [0.29, 0.717) is 19.8 Å². The van der Waals surface area contributed by atoms with E-state index in [-0.39, 0.29) is 38.1 Å². The predicted molar refractivity (Wildman–Crippen MR) is 112 cm³/mol. The fraction of sp³-hybridized carbons (Fsp3) is 1.00. The van der Waals surface area contributed by atoms with Gasteiger partial charge in [0, 0.05) is 0 Å². The zero-order valence-corrected chi connectivity index (χ0v) is 20.9. The number of hydrogen-bond acceptors (Lipinski definition) is 9. The second kappa shape index (κ2) is 14.3. The van der Waals surface area contributed by atoms with Crippen LogP contribution in [0.1, 0.15) is 6.42 Å². The summed E-state index contributed by atoms with van der Waals surface area (Å²) in [6.45, 7) is -7.31. The monoisotopic (exact) mass is 592 g/mol. The van der Waals surface area contributed by atoms with Crippen molar-refractivity contribution in [1.82, 2.24) is 0 Å². The molecule has 3 unspecified atom stereocenters. The molecule has 39 heavy (non-hydrogen) atoms. The molecule has 0 aliphatic carbocycles. The van der Waals surface area contributed by atoms with E-state index in [1.54, 1.807) is 0 Å². The van der Waals surface area contributed by atoms with Gasteiger partial charge >= 0.3 is 12.2 Å². The Morgan fingerprint density at radius 3 is 1.38 bits per heavy atom. The highest BCUT2D eigenvalue weighted by Gasteiger charge is 2.50. The average Bonchev–Trinajstić information content (AvgIpc) is 3.63. The lowest BCUT2D eigenvalue weighted by Gasteiger charge is -2.30. The van der Waals surface area contributed by atoms with Crippen LogP contribution < -0.4 is 0 Å². The van der Waals surface area contributed by atoms with Crippen LogP contribution in [0.25, 0.3) is 0 Å². The van der Waals surface area contributed by atoms with Crippen molar-refractivity contribution in [2.24, 2.45) is 5.92 Å². The molecular weight excluding hydrogens is 560 g/mol. The topological polar surface area (TPSA) is 93.0 Å². The first-order valence-corrected chi connectivity index (χ1v) is 12.2. The third kappa shape index (κ3) is 14.5. The van der Waals surface area contributed by atoms with E-state index < -0.39 is 82.6 Å². The quantitative estimate of drug-likeness (QED) is 0.0954.